The van der Waals surface area contributed by atoms with E-state index in [1.54, 1.807) is 12.3 Å². The second kappa shape index (κ2) is 5.73. The van der Waals surface area contributed by atoms with E-state index in [0.717, 1.165) is 19.3 Å². The standard InChI is InChI=1S/C12H15N7O2/c20-11(14-9-4-5-13-16-9)7-19-6-10(17-18-19)15-12(21)8-2-1-3-8/h4-6,8H,1-3,7H2,(H,15,21)(H2,13,14,16,20). The average Bonchev–Trinajstić information content (AvgIpc) is 2.99. The second-order valence-corrected chi connectivity index (χ2v) is 4.94. The van der Waals surface area contributed by atoms with Crippen molar-refractivity contribution in [3.63, 3.8) is 0 Å². The largest absolute Gasteiger partial charge is 0.309 e. The number of carbonyl (C=O) groups is 2. The van der Waals surface area contributed by atoms with E-state index in [0.29, 0.717) is 11.6 Å². The van der Waals surface area contributed by atoms with Crippen molar-refractivity contribution in [1.29, 1.82) is 0 Å². The zero-order valence-electron chi connectivity index (χ0n) is 11.2. The molecule has 0 radical (unpaired) electrons. The third kappa shape index (κ3) is 3.25. The number of nitrogens with zero attached hydrogens (tertiary/aromatic N) is 4. The topological polar surface area (TPSA) is 118 Å². The first-order valence-corrected chi connectivity index (χ1v) is 6.71. The summed E-state index contributed by atoms with van der Waals surface area (Å²) in [5, 5.41) is 19.3. The van der Waals surface area contributed by atoms with Gasteiger partial charge >= 0.3 is 0 Å². The second-order valence-electron chi connectivity index (χ2n) is 4.94. The van der Waals surface area contributed by atoms with Crippen molar-refractivity contribution in [2.45, 2.75) is 25.8 Å². The Labute approximate surface area is 120 Å². The quantitative estimate of drug-likeness (QED) is 0.735. The van der Waals surface area contributed by atoms with Gasteiger partial charge in [0.2, 0.25) is 11.8 Å². The van der Waals surface area contributed by atoms with E-state index in [9.17, 15) is 9.59 Å². The number of carbonyl (C=O) groups excluding carboxylic acids is 2. The molecule has 0 atom stereocenters. The molecule has 21 heavy (non-hydrogen) atoms. The highest BCUT2D eigenvalue weighted by molar-refractivity contribution is 5.92. The van der Waals surface area contributed by atoms with E-state index in [-0.39, 0.29) is 24.3 Å². The first-order valence-electron chi connectivity index (χ1n) is 6.71. The van der Waals surface area contributed by atoms with Gasteiger partial charge in [0.05, 0.1) is 12.4 Å². The molecule has 0 unspecified atom stereocenters. The van der Waals surface area contributed by atoms with Gasteiger partial charge in [0, 0.05) is 12.0 Å². The molecule has 1 aliphatic rings. The van der Waals surface area contributed by atoms with E-state index in [2.05, 4.69) is 31.1 Å². The van der Waals surface area contributed by atoms with Crippen molar-refractivity contribution >= 4 is 23.5 Å². The molecule has 3 rings (SSSR count). The van der Waals surface area contributed by atoms with Gasteiger partial charge in [-0.1, -0.05) is 11.6 Å². The molecule has 0 aromatic carbocycles. The number of rotatable bonds is 5. The Balaban J connectivity index is 1.52. The number of H-pyrrole nitrogens is 1. The Hall–Kier alpha value is -2.71. The summed E-state index contributed by atoms with van der Waals surface area (Å²) in [7, 11) is 0. The summed E-state index contributed by atoms with van der Waals surface area (Å²) in [5.41, 5.74) is 0. The van der Waals surface area contributed by atoms with Crippen LogP contribution in [0.2, 0.25) is 0 Å². The molecule has 9 heteroatoms. The van der Waals surface area contributed by atoms with Gasteiger partial charge in [-0.3, -0.25) is 14.7 Å². The number of amides is 2. The van der Waals surface area contributed by atoms with Crippen LogP contribution in [-0.4, -0.2) is 37.0 Å². The zero-order valence-corrected chi connectivity index (χ0v) is 11.2. The molecule has 0 saturated heterocycles. The smallest absolute Gasteiger partial charge is 0.247 e. The predicted octanol–water partition coefficient (Wildman–Crippen LogP) is 0.378. The first-order chi connectivity index (χ1) is 10.2. The van der Waals surface area contributed by atoms with E-state index >= 15 is 0 Å². The Kier molecular flexibility index (Phi) is 3.63. The van der Waals surface area contributed by atoms with Gasteiger partial charge in [-0.25, -0.2) is 4.68 Å². The van der Waals surface area contributed by atoms with Crippen molar-refractivity contribution in [2.75, 3.05) is 10.6 Å². The van der Waals surface area contributed by atoms with Crippen molar-refractivity contribution in [3.05, 3.63) is 18.5 Å². The molecule has 110 valence electrons. The van der Waals surface area contributed by atoms with Crippen LogP contribution in [0, 0.1) is 5.92 Å². The lowest BCUT2D eigenvalue weighted by molar-refractivity contribution is -0.122. The number of nitrogens with one attached hydrogen (secondary N) is 3. The predicted molar refractivity (Wildman–Crippen MR) is 73.2 cm³/mol. The molecular weight excluding hydrogens is 274 g/mol. The van der Waals surface area contributed by atoms with Crippen LogP contribution >= 0.6 is 0 Å². The fourth-order valence-corrected chi connectivity index (χ4v) is 1.99. The maximum atomic E-state index is 11.8. The molecule has 1 saturated carbocycles. The van der Waals surface area contributed by atoms with Gasteiger partial charge in [0.25, 0.3) is 0 Å². The van der Waals surface area contributed by atoms with E-state index in [1.165, 1.54) is 10.9 Å². The van der Waals surface area contributed by atoms with Crippen LogP contribution in [0.25, 0.3) is 0 Å². The Morgan fingerprint density at radius 2 is 2.24 bits per heavy atom. The monoisotopic (exact) mass is 289 g/mol. The van der Waals surface area contributed by atoms with Crippen LogP contribution in [0.15, 0.2) is 18.5 Å². The van der Waals surface area contributed by atoms with Gasteiger partial charge < -0.3 is 10.6 Å². The number of aromatic nitrogens is 5. The molecular formula is C12H15N7O2. The summed E-state index contributed by atoms with van der Waals surface area (Å²) in [4.78, 5) is 23.5. The highest BCUT2D eigenvalue weighted by Crippen LogP contribution is 2.27. The van der Waals surface area contributed by atoms with Crippen LogP contribution in [0.4, 0.5) is 11.6 Å². The molecule has 0 bridgehead atoms. The summed E-state index contributed by atoms with van der Waals surface area (Å²) in [6.07, 6.45) is 6.01. The maximum absolute atomic E-state index is 11.8. The van der Waals surface area contributed by atoms with Gasteiger partial charge in [0.15, 0.2) is 5.82 Å². The SMILES string of the molecule is O=C(Cn1cc(NC(=O)C2CCC2)nn1)Nc1ccn[nH]1. The summed E-state index contributed by atoms with van der Waals surface area (Å²) in [6, 6.07) is 1.64. The van der Waals surface area contributed by atoms with Crippen molar-refractivity contribution < 1.29 is 9.59 Å². The molecule has 3 N–H and O–H groups in total. The third-order valence-corrected chi connectivity index (χ3v) is 3.35. The van der Waals surface area contributed by atoms with Crippen molar-refractivity contribution in [3.8, 4) is 0 Å². The zero-order chi connectivity index (χ0) is 14.7. The number of aromatic amines is 1. The Bertz CT molecular complexity index is 630. The molecule has 2 aromatic rings. The highest BCUT2D eigenvalue weighted by Gasteiger charge is 2.25. The summed E-state index contributed by atoms with van der Waals surface area (Å²) >= 11 is 0. The molecule has 2 amide bonds. The number of anilines is 2. The average molecular weight is 289 g/mol. The van der Waals surface area contributed by atoms with Crippen LogP contribution in [0.3, 0.4) is 0 Å². The maximum Gasteiger partial charge on any atom is 0.247 e. The van der Waals surface area contributed by atoms with Gasteiger partial charge in [-0.05, 0) is 12.8 Å². The molecule has 1 fully saturated rings. The van der Waals surface area contributed by atoms with E-state index in [1.807, 2.05) is 0 Å². The van der Waals surface area contributed by atoms with Crippen LogP contribution in [-0.2, 0) is 16.1 Å². The lowest BCUT2D eigenvalue weighted by Gasteiger charge is -2.23. The molecule has 0 aliphatic heterocycles. The highest BCUT2D eigenvalue weighted by atomic mass is 16.2. The molecule has 9 nitrogen and oxygen atoms in total. The number of hydrogen-bond acceptors (Lipinski definition) is 5. The normalized spacial score (nSPS) is 14.5. The molecule has 2 aromatic heterocycles. The van der Waals surface area contributed by atoms with Crippen LogP contribution in [0.1, 0.15) is 19.3 Å². The Morgan fingerprint density at radius 1 is 1.38 bits per heavy atom. The van der Waals surface area contributed by atoms with Crippen LogP contribution in [0.5, 0.6) is 0 Å². The van der Waals surface area contributed by atoms with Crippen LogP contribution < -0.4 is 10.6 Å². The third-order valence-electron chi connectivity index (χ3n) is 3.35. The summed E-state index contributed by atoms with van der Waals surface area (Å²) in [6.45, 7) is 0.00528. The fourth-order valence-electron chi connectivity index (χ4n) is 1.99. The summed E-state index contributed by atoms with van der Waals surface area (Å²) < 4.78 is 1.36. The minimum atomic E-state index is -0.263. The number of hydrogen-bond donors (Lipinski definition) is 3. The minimum absolute atomic E-state index is 0.00528. The molecule has 2 heterocycles. The van der Waals surface area contributed by atoms with Gasteiger partial charge in [-0.15, -0.1) is 5.10 Å². The van der Waals surface area contributed by atoms with E-state index in [4.69, 9.17) is 0 Å². The lowest BCUT2D eigenvalue weighted by Crippen LogP contribution is -2.28. The van der Waals surface area contributed by atoms with Gasteiger partial charge in [0.1, 0.15) is 12.4 Å². The fraction of sp³-hybridized carbons (Fsp3) is 0.417. The van der Waals surface area contributed by atoms with Gasteiger partial charge in [-0.2, -0.15) is 5.10 Å². The summed E-state index contributed by atoms with van der Waals surface area (Å²) in [5.74, 6) is 0.662. The molecule has 1 aliphatic carbocycles. The van der Waals surface area contributed by atoms with Crippen molar-refractivity contribution in [1.82, 2.24) is 25.2 Å². The van der Waals surface area contributed by atoms with E-state index < -0.39 is 0 Å². The lowest BCUT2D eigenvalue weighted by atomic mass is 9.85. The first kappa shape index (κ1) is 13.3. The molecule has 0 spiro atoms. The Morgan fingerprint density at radius 3 is 2.90 bits per heavy atom. The minimum Gasteiger partial charge on any atom is -0.309 e. The van der Waals surface area contributed by atoms with Crippen molar-refractivity contribution in [2.24, 2.45) is 5.92 Å².